The number of thiophene rings is 1. The number of carbonyl (C=O) groups is 1. The lowest BCUT2D eigenvalue weighted by atomic mass is 10.1. The second-order valence-electron chi connectivity index (χ2n) is 4.65. The highest BCUT2D eigenvalue weighted by Gasteiger charge is 2.24. The molecule has 1 amide bonds. The van der Waals surface area contributed by atoms with E-state index in [2.05, 4.69) is 5.32 Å². The number of amides is 1. The molecule has 2 rings (SSSR count). The van der Waals surface area contributed by atoms with Crippen molar-refractivity contribution >= 4 is 34.7 Å². The van der Waals surface area contributed by atoms with E-state index in [1.54, 1.807) is 11.9 Å². The summed E-state index contributed by atoms with van der Waals surface area (Å²) in [5, 5.41) is 14.0. The van der Waals surface area contributed by atoms with E-state index in [0.717, 1.165) is 43.7 Å². The van der Waals surface area contributed by atoms with Crippen LogP contribution in [0.1, 0.15) is 28.9 Å². The van der Waals surface area contributed by atoms with Gasteiger partial charge in [-0.2, -0.15) is 0 Å². The van der Waals surface area contributed by atoms with E-state index in [-0.39, 0.29) is 29.4 Å². The average Bonchev–Trinajstić information content (AvgIpc) is 2.73. The van der Waals surface area contributed by atoms with Crippen molar-refractivity contribution in [1.82, 2.24) is 10.2 Å². The largest absolute Gasteiger partial charge is 0.338 e. The first-order chi connectivity index (χ1) is 9.09. The van der Waals surface area contributed by atoms with Gasteiger partial charge in [-0.25, -0.2) is 0 Å². The van der Waals surface area contributed by atoms with Gasteiger partial charge in [-0.1, -0.05) is 11.3 Å². The molecule has 2 heterocycles. The summed E-state index contributed by atoms with van der Waals surface area (Å²) in [6.07, 6.45) is 2.95. The first-order valence-corrected chi connectivity index (χ1v) is 7.13. The minimum absolute atomic E-state index is 0. The highest BCUT2D eigenvalue weighted by atomic mass is 35.5. The maximum Gasteiger partial charge on any atom is 0.324 e. The predicted molar refractivity (Wildman–Crippen MR) is 80.8 cm³/mol. The lowest BCUT2D eigenvalue weighted by Gasteiger charge is -2.26. The molecular formula is C12H18ClN3O3S. The van der Waals surface area contributed by atoms with Crippen LogP contribution in [0.25, 0.3) is 0 Å². The van der Waals surface area contributed by atoms with Crippen molar-refractivity contribution in [1.29, 1.82) is 0 Å². The maximum atomic E-state index is 12.3. The zero-order valence-corrected chi connectivity index (χ0v) is 12.8. The summed E-state index contributed by atoms with van der Waals surface area (Å²) < 4.78 is 0. The highest BCUT2D eigenvalue weighted by molar-refractivity contribution is 7.17. The second-order valence-corrected chi connectivity index (χ2v) is 5.71. The summed E-state index contributed by atoms with van der Waals surface area (Å²) in [7, 11) is 1.78. The van der Waals surface area contributed by atoms with Gasteiger partial charge in [-0.3, -0.25) is 14.9 Å². The molecule has 1 aliphatic heterocycles. The van der Waals surface area contributed by atoms with Crippen LogP contribution < -0.4 is 5.32 Å². The third-order valence-electron chi connectivity index (χ3n) is 3.40. The van der Waals surface area contributed by atoms with Gasteiger partial charge in [0.1, 0.15) is 0 Å². The Hall–Kier alpha value is -1.18. The van der Waals surface area contributed by atoms with Gasteiger partial charge in [-0.05, 0) is 38.4 Å². The van der Waals surface area contributed by atoms with Crippen LogP contribution in [-0.2, 0) is 0 Å². The summed E-state index contributed by atoms with van der Waals surface area (Å²) in [4.78, 5) is 24.6. The lowest BCUT2D eigenvalue weighted by molar-refractivity contribution is -0.380. The third-order valence-corrected chi connectivity index (χ3v) is 4.42. The molecule has 1 aromatic heterocycles. The first-order valence-electron chi connectivity index (χ1n) is 6.31. The molecule has 0 radical (unpaired) electrons. The molecule has 1 unspecified atom stereocenters. The van der Waals surface area contributed by atoms with E-state index in [1.807, 2.05) is 0 Å². The quantitative estimate of drug-likeness (QED) is 0.685. The Balaban J connectivity index is 0.00000200. The van der Waals surface area contributed by atoms with Crippen molar-refractivity contribution in [3.05, 3.63) is 27.1 Å². The van der Waals surface area contributed by atoms with Gasteiger partial charge in [0, 0.05) is 19.2 Å². The van der Waals surface area contributed by atoms with E-state index < -0.39 is 4.92 Å². The molecule has 0 spiro atoms. The fraction of sp³-hybridized carbons (Fsp3) is 0.583. The Labute approximate surface area is 127 Å². The molecule has 1 saturated heterocycles. The van der Waals surface area contributed by atoms with E-state index >= 15 is 0 Å². The molecule has 8 heteroatoms. The normalized spacial score (nSPS) is 18.8. The van der Waals surface area contributed by atoms with Crippen LogP contribution in [0.4, 0.5) is 5.00 Å². The van der Waals surface area contributed by atoms with Crippen molar-refractivity contribution in [2.75, 3.05) is 20.1 Å². The Morgan fingerprint density at radius 1 is 1.45 bits per heavy atom. The Morgan fingerprint density at radius 3 is 2.85 bits per heavy atom. The molecule has 6 nitrogen and oxygen atoms in total. The molecule has 0 aromatic carbocycles. The van der Waals surface area contributed by atoms with Gasteiger partial charge in [-0.15, -0.1) is 12.4 Å². The van der Waals surface area contributed by atoms with Gasteiger partial charge in [0.05, 0.1) is 9.80 Å². The molecule has 1 aromatic rings. The summed E-state index contributed by atoms with van der Waals surface area (Å²) in [5.74, 6) is -0.120. The molecular weight excluding hydrogens is 302 g/mol. The Morgan fingerprint density at radius 2 is 2.20 bits per heavy atom. The van der Waals surface area contributed by atoms with Gasteiger partial charge in [0.25, 0.3) is 5.91 Å². The smallest absolute Gasteiger partial charge is 0.324 e. The number of hydrogen-bond acceptors (Lipinski definition) is 5. The topological polar surface area (TPSA) is 75.5 Å². The number of hydrogen-bond donors (Lipinski definition) is 1. The first kappa shape index (κ1) is 16.9. The van der Waals surface area contributed by atoms with Crippen molar-refractivity contribution < 1.29 is 9.72 Å². The number of nitro groups is 1. The summed E-state index contributed by atoms with van der Waals surface area (Å²) >= 11 is 0.941. The molecule has 112 valence electrons. The molecule has 0 bridgehead atoms. The number of rotatable bonds is 3. The molecule has 1 fully saturated rings. The summed E-state index contributed by atoms with van der Waals surface area (Å²) in [5.41, 5.74) is 0. The summed E-state index contributed by atoms with van der Waals surface area (Å²) in [6.45, 7) is 1.90. The zero-order chi connectivity index (χ0) is 13.8. The van der Waals surface area contributed by atoms with E-state index in [9.17, 15) is 14.9 Å². The van der Waals surface area contributed by atoms with E-state index in [1.165, 1.54) is 12.1 Å². The van der Waals surface area contributed by atoms with Gasteiger partial charge < -0.3 is 10.2 Å². The van der Waals surface area contributed by atoms with Crippen LogP contribution in [0.5, 0.6) is 0 Å². The molecule has 0 saturated carbocycles. The van der Waals surface area contributed by atoms with Crippen molar-refractivity contribution in [2.24, 2.45) is 0 Å². The van der Waals surface area contributed by atoms with Gasteiger partial charge >= 0.3 is 5.00 Å². The number of nitrogens with one attached hydrogen (secondary N) is 1. The van der Waals surface area contributed by atoms with E-state index in [4.69, 9.17) is 0 Å². The Bertz CT molecular complexity index is 472. The fourth-order valence-corrected chi connectivity index (χ4v) is 3.07. The van der Waals surface area contributed by atoms with Gasteiger partial charge in [0.2, 0.25) is 0 Å². The van der Waals surface area contributed by atoms with Crippen LogP contribution >= 0.6 is 23.7 Å². The minimum atomic E-state index is -0.461. The molecule has 1 aliphatic rings. The van der Waals surface area contributed by atoms with Crippen LogP contribution in [0, 0.1) is 10.1 Å². The van der Waals surface area contributed by atoms with Crippen LogP contribution in [0.2, 0.25) is 0 Å². The average molecular weight is 320 g/mol. The SMILES string of the molecule is CN(C(=O)c1ccc([N+](=O)[O-])s1)C1CCCNCC1.Cl. The molecule has 1 N–H and O–H groups in total. The molecule has 0 aliphatic carbocycles. The maximum absolute atomic E-state index is 12.3. The van der Waals surface area contributed by atoms with Gasteiger partial charge in [0.15, 0.2) is 0 Å². The van der Waals surface area contributed by atoms with Crippen LogP contribution in [0.3, 0.4) is 0 Å². The molecule has 20 heavy (non-hydrogen) atoms. The summed E-state index contributed by atoms with van der Waals surface area (Å²) in [6, 6.07) is 3.14. The highest BCUT2D eigenvalue weighted by Crippen LogP contribution is 2.26. The lowest BCUT2D eigenvalue weighted by Crippen LogP contribution is -2.37. The number of carbonyl (C=O) groups excluding carboxylic acids is 1. The predicted octanol–water partition coefficient (Wildman–Crippen LogP) is 2.29. The zero-order valence-electron chi connectivity index (χ0n) is 11.2. The fourth-order valence-electron chi connectivity index (χ4n) is 2.27. The van der Waals surface area contributed by atoms with E-state index in [0.29, 0.717) is 4.88 Å². The minimum Gasteiger partial charge on any atom is -0.338 e. The van der Waals surface area contributed by atoms with Crippen molar-refractivity contribution in [3.63, 3.8) is 0 Å². The number of halogens is 1. The van der Waals surface area contributed by atoms with Crippen molar-refractivity contribution in [2.45, 2.75) is 25.3 Å². The standard InChI is InChI=1S/C12H17N3O3S.ClH/c1-14(9-3-2-7-13-8-6-9)12(16)10-4-5-11(19-10)15(17)18;/h4-5,9,13H,2-3,6-8H2,1H3;1H. The Kier molecular flexibility index (Phi) is 6.38. The van der Waals surface area contributed by atoms with Crippen LogP contribution in [-0.4, -0.2) is 41.9 Å². The van der Waals surface area contributed by atoms with Crippen LogP contribution in [0.15, 0.2) is 12.1 Å². The monoisotopic (exact) mass is 319 g/mol. The number of nitrogens with zero attached hydrogens (tertiary/aromatic N) is 2. The van der Waals surface area contributed by atoms with Crippen molar-refractivity contribution in [3.8, 4) is 0 Å². The second kappa shape index (κ2) is 7.56. The molecule has 1 atom stereocenters. The third kappa shape index (κ3) is 3.91.